The van der Waals surface area contributed by atoms with E-state index in [2.05, 4.69) is 4.90 Å². The highest BCUT2D eigenvalue weighted by Crippen LogP contribution is 2.37. The molecule has 9 heteroatoms. The van der Waals surface area contributed by atoms with Gasteiger partial charge in [-0.25, -0.2) is 23.5 Å². The number of nitrogens with zero attached hydrogens (tertiary/aromatic N) is 4. The summed E-state index contributed by atoms with van der Waals surface area (Å²) >= 11 is 0. The summed E-state index contributed by atoms with van der Waals surface area (Å²) in [6.45, 7) is 2.68. The van der Waals surface area contributed by atoms with Crippen molar-refractivity contribution in [2.75, 3.05) is 19.8 Å². The van der Waals surface area contributed by atoms with Gasteiger partial charge in [0, 0.05) is 13.2 Å². The van der Waals surface area contributed by atoms with E-state index in [0.717, 1.165) is 0 Å². The van der Waals surface area contributed by atoms with Gasteiger partial charge in [0.25, 0.3) is 6.48 Å². The first-order valence-corrected chi connectivity index (χ1v) is 9.03. The molecule has 1 saturated heterocycles. The third-order valence-corrected chi connectivity index (χ3v) is 5.10. The molecule has 9 nitrogen and oxygen atoms in total. The highest BCUT2D eigenvalue weighted by molar-refractivity contribution is 5.31. The molecule has 0 radical (unpaired) electrons. The van der Waals surface area contributed by atoms with Crippen molar-refractivity contribution in [1.82, 2.24) is 18.8 Å². The van der Waals surface area contributed by atoms with Crippen LogP contribution in [0.1, 0.15) is 19.3 Å². The lowest BCUT2D eigenvalue weighted by molar-refractivity contribution is -0.235. The van der Waals surface area contributed by atoms with Gasteiger partial charge in [-0.05, 0) is 31.2 Å². The SMILES string of the molecule is CCOC1OCC(CN2C3C=CC2n2c(=O)n(-c4ccccc4)c(=O)n23)O1. The summed E-state index contributed by atoms with van der Waals surface area (Å²) in [6, 6.07) is 8.97. The summed E-state index contributed by atoms with van der Waals surface area (Å²) in [5, 5.41) is 0. The molecule has 5 rings (SSSR count). The van der Waals surface area contributed by atoms with Crippen LogP contribution in [0.5, 0.6) is 0 Å². The highest BCUT2D eigenvalue weighted by Gasteiger charge is 2.45. The largest absolute Gasteiger partial charge is 0.353 e. The normalized spacial score (nSPS) is 28.9. The molecule has 27 heavy (non-hydrogen) atoms. The van der Waals surface area contributed by atoms with E-state index in [1.807, 2.05) is 25.1 Å². The molecule has 0 N–H and O–H groups in total. The van der Waals surface area contributed by atoms with Crippen LogP contribution in [-0.4, -0.2) is 51.2 Å². The lowest BCUT2D eigenvalue weighted by atomic mass is 10.3. The molecule has 0 saturated carbocycles. The Bertz CT molecular complexity index is 946. The lowest BCUT2D eigenvalue weighted by Crippen LogP contribution is -2.38. The zero-order valence-corrected chi connectivity index (χ0v) is 14.8. The number of para-hydroxylation sites is 1. The van der Waals surface area contributed by atoms with Gasteiger partial charge in [-0.2, -0.15) is 0 Å². The summed E-state index contributed by atoms with van der Waals surface area (Å²) in [4.78, 5) is 28.0. The van der Waals surface area contributed by atoms with E-state index in [1.54, 1.807) is 24.3 Å². The van der Waals surface area contributed by atoms with Crippen LogP contribution >= 0.6 is 0 Å². The van der Waals surface area contributed by atoms with Gasteiger partial charge in [0.05, 0.1) is 18.4 Å². The van der Waals surface area contributed by atoms with Gasteiger partial charge in [-0.1, -0.05) is 18.2 Å². The predicted octanol–water partition coefficient (Wildman–Crippen LogP) is 0.419. The molecule has 1 aromatic heterocycles. The Morgan fingerprint density at radius 1 is 1.07 bits per heavy atom. The van der Waals surface area contributed by atoms with Crippen LogP contribution in [0.3, 0.4) is 0 Å². The molecule has 1 aromatic carbocycles. The third-order valence-electron chi connectivity index (χ3n) is 5.10. The predicted molar refractivity (Wildman–Crippen MR) is 94.4 cm³/mol. The zero-order valence-electron chi connectivity index (χ0n) is 14.8. The smallest absolute Gasteiger partial charge is 0.330 e. The average Bonchev–Trinajstić information content (AvgIpc) is 3.41. The number of hydrogen-bond acceptors (Lipinski definition) is 6. The molecule has 3 aliphatic heterocycles. The molecule has 0 aliphatic carbocycles. The topological polar surface area (TPSA) is 79.9 Å². The molecule has 4 atom stereocenters. The molecule has 142 valence electrons. The number of rotatable bonds is 5. The standard InChI is InChI=1S/C18H20N4O5/c1-2-25-18-26-11-13(27-18)10-19-14-8-9-15(19)22-17(24)20(16(23)21(14)22)12-6-4-3-5-7-12/h3-9,13-15,18H,2,10-11H2,1H3. The van der Waals surface area contributed by atoms with Crippen LogP contribution < -0.4 is 11.4 Å². The van der Waals surface area contributed by atoms with Crippen molar-refractivity contribution < 1.29 is 14.2 Å². The average molecular weight is 372 g/mol. The number of ether oxygens (including phenoxy) is 3. The van der Waals surface area contributed by atoms with Crippen LogP contribution in [0.2, 0.25) is 0 Å². The summed E-state index contributed by atoms with van der Waals surface area (Å²) in [5.41, 5.74) is -0.118. The van der Waals surface area contributed by atoms with Crippen LogP contribution in [0.15, 0.2) is 52.1 Å². The fourth-order valence-electron chi connectivity index (χ4n) is 3.96. The Labute approximate surface area is 154 Å². The van der Waals surface area contributed by atoms with Crippen molar-refractivity contribution in [2.24, 2.45) is 0 Å². The van der Waals surface area contributed by atoms with Crippen molar-refractivity contribution in [1.29, 1.82) is 0 Å². The van der Waals surface area contributed by atoms with E-state index < -0.39 is 6.48 Å². The minimum atomic E-state index is -0.648. The van der Waals surface area contributed by atoms with Gasteiger partial charge in [-0.15, -0.1) is 0 Å². The van der Waals surface area contributed by atoms with Crippen LogP contribution in [0, 0.1) is 0 Å². The fourth-order valence-corrected chi connectivity index (χ4v) is 3.96. The lowest BCUT2D eigenvalue weighted by Gasteiger charge is -2.23. The number of benzene rings is 1. The Morgan fingerprint density at radius 2 is 1.74 bits per heavy atom. The van der Waals surface area contributed by atoms with E-state index in [-0.39, 0.29) is 29.8 Å². The molecule has 0 amide bonds. The first-order valence-electron chi connectivity index (χ1n) is 9.03. The Kier molecular flexibility index (Phi) is 3.90. The van der Waals surface area contributed by atoms with Gasteiger partial charge >= 0.3 is 11.4 Å². The first-order chi connectivity index (χ1) is 13.2. The van der Waals surface area contributed by atoms with Crippen molar-refractivity contribution in [2.45, 2.75) is 31.8 Å². The second-order valence-corrected chi connectivity index (χ2v) is 6.67. The molecular formula is C18H20N4O5. The molecule has 4 unspecified atom stereocenters. The van der Waals surface area contributed by atoms with Crippen LogP contribution in [0.25, 0.3) is 5.69 Å². The maximum absolute atomic E-state index is 13.0. The quantitative estimate of drug-likeness (QED) is 0.708. The maximum Gasteiger partial charge on any atom is 0.353 e. The monoisotopic (exact) mass is 372 g/mol. The van der Waals surface area contributed by atoms with Crippen molar-refractivity contribution in [3.63, 3.8) is 0 Å². The molecule has 2 aromatic rings. The van der Waals surface area contributed by atoms with Gasteiger partial charge in [-0.3, -0.25) is 4.90 Å². The summed E-state index contributed by atoms with van der Waals surface area (Å²) in [5.74, 6) is 0. The van der Waals surface area contributed by atoms with Gasteiger partial charge in [0.2, 0.25) is 0 Å². The minimum Gasteiger partial charge on any atom is -0.330 e. The molecular weight excluding hydrogens is 352 g/mol. The molecule has 3 aliphatic rings. The Hall–Kier alpha value is -2.46. The molecule has 2 bridgehead atoms. The zero-order chi connectivity index (χ0) is 18.5. The van der Waals surface area contributed by atoms with Crippen molar-refractivity contribution in [3.8, 4) is 5.69 Å². The van der Waals surface area contributed by atoms with E-state index in [9.17, 15) is 9.59 Å². The van der Waals surface area contributed by atoms with Crippen LogP contribution in [-0.2, 0) is 14.2 Å². The van der Waals surface area contributed by atoms with E-state index >= 15 is 0 Å². The summed E-state index contributed by atoms with van der Waals surface area (Å²) in [6.07, 6.45) is 3.08. The van der Waals surface area contributed by atoms with Crippen molar-refractivity contribution in [3.05, 3.63) is 63.5 Å². The van der Waals surface area contributed by atoms with E-state index in [4.69, 9.17) is 14.2 Å². The number of hydrogen-bond donors (Lipinski definition) is 0. The molecule has 1 fully saturated rings. The van der Waals surface area contributed by atoms with E-state index in [1.165, 1.54) is 13.9 Å². The fraction of sp³-hybridized carbons (Fsp3) is 0.444. The Balaban J connectivity index is 1.43. The van der Waals surface area contributed by atoms with Gasteiger partial charge in [0.15, 0.2) is 0 Å². The third kappa shape index (κ3) is 2.47. The summed E-state index contributed by atoms with van der Waals surface area (Å²) in [7, 11) is 0. The maximum atomic E-state index is 13.0. The summed E-state index contributed by atoms with van der Waals surface area (Å²) < 4.78 is 20.7. The number of aromatic nitrogens is 3. The first kappa shape index (κ1) is 16.7. The van der Waals surface area contributed by atoms with Crippen LogP contribution in [0.4, 0.5) is 0 Å². The highest BCUT2D eigenvalue weighted by atomic mass is 16.9. The molecule has 4 heterocycles. The number of fused-ring (bicyclic) bond motifs is 5. The van der Waals surface area contributed by atoms with Crippen molar-refractivity contribution >= 4 is 0 Å². The second-order valence-electron chi connectivity index (χ2n) is 6.67. The van der Waals surface area contributed by atoms with E-state index in [0.29, 0.717) is 25.4 Å². The minimum absolute atomic E-state index is 0.178. The second kappa shape index (κ2) is 6.31. The molecule has 0 spiro atoms. The van der Waals surface area contributed by atoms with Gasteiger partial charge in [0.1, 0.15) is 12.3 Å². The van der Waals surface area contributed by atoms with Gasteiger partial charge < -0.3 is 14.2 Å². The Morgan fingerprint density at radius 3 is 2.37 bits per heavy atom.